The van der Waals surface area contributed by atoms with Gasteiger partial charge in [-0.2, -0.15) is 0 Å². The summed E-state index contributed by atoms with van der Waals surface area (Å²) in [6.07, 6.45) is 1.64. The van der Waals surface area contributed by atoms with E-state index in [2.05, 4.69) is 10.2 Å². The Kier molecular flexibility index (Phi) is 5.99. The van der Waals surface area contributed by atoms with Crippen molar-refractivity contribution in [2.75, 3.05) is 7.11 Å². The topological polar surface area (TPSA) is 70.2 Å². The van der Waals surface area contributed by atoms with Gasteiger partial charge in [0.2, 0.25) is 0 Å². The Bertz CT molecular complexity index is 1120. The molecule has 4 rings (SSSR count). The Morgan fingerprint density at radius 3 is 2.67 bits per heavy atom. The first kappa shape index (κ1) is 20.0. The summed E-state index contributed by atoms with van der Waals surface area (Å²) < 4.78 is 12.9. The number of ether oxygens (including phenoxy) is 1. The molecule has 0 saturated carbocycles. The first-order valence-corrected chi connectivity index (χ1v) is 10.4. The van der Waals surface area contributed by atoms with Gasteiger partial charge in [0.15, 0.2) is 16.8 Å². The Labute approximate surface area is 178 Å². The van der Waals surface area contributed by atoms with Gasteiger partial charge in [0.25, 0.3) is 0 Å². The number of rotatable bonds is 8. The highest BCUT2D eigenvalue weighted by Gasteiger charge is 2.22. The molecule has 0 bridgehead atoms. The van der Waals surface area contributed by atoms with Crippen molar-refractivity contribution in [2.24, 2.45) is 0 Å². The van der Waals surface area contributed by atoms with Gasteiger partial charge in [0.05, 0.1) is 25.2 Å². The van der Waals surface area contributed by atoms with Crippen molar-refractivity contribution < 1.29 is 13.9 Å². The molecule has 2 heterocycles. The van der Waals surface area contributed by atoms with Crippen LogP contribution in [0.3, 0.4) is 0 Å². The number of benzene rings is 2. The van der Waals surface area contributed by atoms with E-state index in [0.29, 0.717) is 23.1 Å². The molecule has 0 N–H and O–H groups in total. The molecule has 2 aromatic carbocycles. The van der Waals surface area contributed by atoms with Gasteiger partial charge in [-0.25, -0.2) is 0 Å². The summed E-state index contributed by atoms with van der Waals surface area (Å²) >= 11 is 1.39. The molecule has 152 valence electrons. The quantitative estimate of drug-likeness (QED) is 0.297. The minimum absolute atomic E-state index is 0.0519. The number of aromatic nitrogens is 3. The average molecular weight is 420 g/mol. The number of ketones is 1. The normalized spacial score (nSPS) is 11.9. The second kappa shape index (κ2) is 9.00. The first-order chi connectivity index (χ1) is 14.7. The van der Waals surface area contributed by atoms with Crippen LogP contribution >= 0.6 is 11.8 Å². The molecular weight excluding hydrogens is 398 g/mol. The standard InChI is InChI=1S/C23H21N3O3S/c1-16(21(27)17-8-4-3-5-9-17)30-23-25-24-22(18-10-6-11-19(14-18)28-2)26(23)15-20-12-7-13-29-20/h3-14,16H,15H2,1-2H3/t16-/m1/s1. The molecule has 0 spiro atoms. The van der Waals surface area contributed by atoms with Crippen LogP contribution < -0.4 is 4.74 Å². The van der Waals surface area contributed by atoms with Crippen molar-refractivity contribution in [1.82, 2.24) is 14.8 Å². The second-order valence-electron chi connectivity index (χ2n) is 6.69. The lowest BCUT2D eigenvalue weighted by Crippen LogP contribution is -2.15. The van der Waals surface area contributed by atoms with E-state index < -0.39 is 0 Å². The van der Waals surface area contributed by atoms with Gasteiger partial charge in [-0.05, 0) is 31.2 Å². The number of carbonyl (C=O) groups is 1. The molecule has 0 aliphatic rings. The second-order valence-corrected chi connectivity index (χ2v) is 8.00. The van der Waals surface area contributed by atoms with Crippen LogP contribution in [0.1, 0.15) is 23.0 Å². The van der Waals surface area contributed by atoms with E-state index >= 15 is 0 Å². The zero-order valence-electron chi connectivity index (χ0n) is 16.7. The molecule has 0 aliphatic carbocycles. The Morgan fingerprint density at radius 2 is 1.93 bits per heavy atom. The smallest absolute Gasteiger partial charge is 0.192 e. The summed E-state index contributed by atoms with van der Waals surface area (Å²) in [4.78, 5) is 12.8. The van der Waals surface area contributed by atoms with E-state index in [1.807, 2.05) is 78.2 Å². The highest BCUT2D eigenvalue weighted by molar-refractivity contribution is 8.00. The maximum absolute atomic E-state index is 12.8. The maximum atomic E-state index is 12.8. The predicted octanol–water partition coefficient (Wildman–Crippen LogP) is 4.96. The fourth-order valence-corrected chi connectivity index (χ4v) is 4.03. The van der Waals surface area contributed by atoms with Crippen LogP contribution in [0, 0.1) is 0 Å². The number of carbonyl (C=O) groups excluding carboxylic acids is 1. The zero-order chi connectivity index (χ0) is 20.9. The third-order valence-electron chi connectivity index (χ3n) is 4.65. The Morgan fingerprint density at radius 1 is 1.10 bits per heavy atom. The minimum atomic E-state index is -0.315. The lowest BCUT2D eigenvalue weighted by Gasteiger charge is -2.13. The molecular formula is C23H21N3O3S. The van der Waals surface area contributed by atoms with Crippen molar-refractivity contribution in [3.63, 3.8) is 0 Å². The van der Waals surface area contributed by atoms with E-state index in [1.54, 1.807) is 13.4 Å². The average Bonchev–Trinajstić information content (AvgIpc) is 3.44. The number of hydrogen-bond donors (Lipinski definition) is 0. The lowest BCUT2D eigenvalue weighted by molar-refractivity contribution is 0.0994. The number of hydrogen-bond acceptors (Lipinski definition) is 6. The first-order valence-electron chi connectivity index (χ1n) is 9.51. The molecule has 0 amide bonds. The molecule has 0 saturated heterocycles. The third-order valence-corrected chi connectivity index (χ3v) is 5.73. The van der Waals surface area contributed by atoms with Crippen LogP contribution in [0.15, 0.2) is 82.6 Å². The fraction of sp³-hybridized carbons (Fsp3) is 0.174. The largest absolute Gasteiger partial charge is 0.497 e. The van der Waals surface area contributed by atoms with E-state index in [4.69, 9.17) is 9.15 Å². The Hall–Kier alpha value is -3.32. The molecule has 0 radical (unpaired) electrons. The van der Waals surface area contributed by atoms with Crippen LogP contribution in [-0.4, -0.2) is 32.9 Å². The van der Waals surface area contributed by atoms with Gasteiger partial charge in [-0.1, -0.05) is 54.2 Å². The van der Waals surface area contributed by atoms with Crippen LogP contribution in [0.5, 0.6) is 5.75 Å². The summed E-state index contributed by atoms with van der Waals surface area (Å²) in [6, 6.07) is 20.7. The van der Waals surface area contributed by atoms with Gasteiger partial charge in [-0.15, -0.1) is 10.2 Å². The highest BCUT2D eigenvalue weighted by atomic mass is 32.2. The monoisotopic (exact) mass is 419 g/mol. The summed E-state index contributed by atoms with van der Waals surface area (Å²) in [5.74, 6) is 2.26. The fourth-order valence-electron chi connectivity index (χ4n) is 3.10. The SMILES string of the molecule is COc1cccc(-c2nnc(S[C@H](C)C(=O)c3ccccc3)n2Cc2ccco2)c1. The molecule has 2 aromatic heterocycles. The molecule has 0 fully saturated rings. The third kappa shape index (κ3) is 4.31. The van der Waals surface area contributed by atoms with Crippen molar-refractivity contribution in [3.05, 3.63) is 84.3 Å². The molecule has 0 unspecified atom stereocenters. The van der Waals surface area contributed by atoms with Gasteiger partial charge in [-0.3, -0.25) is 9.36 Å². The molecule has 4 aromatic rings. The van der Waals surface area contributed by atoms with E-state index in [0.717, 1.165) is 17.1 Å². The number of methoxy groups -OCH3 is 1. The van der Waals surface area contributed by atoms with Gasteiger partial charge in [0.1, 0.15) is 11.5 Å². The maximum Gasteiger partial charge on any atom is 0.192 e. The number of nitrogens with zero attached hydrogens (tertiary/aromatic N) is 3. The van der Waals surface area contributed by atoms with Crippen molar-refractivity contribution in [1.29, 1.82) is 0 Å². The molecule has 1 atom stereocenters. The van der Waals surface area contributed by atoms with E-state index in [1.165, 1.54) is 11.8 Å². The van der Waals surface area contributed by atoms with Gasteiger partial charge >= 0.3 is 0 Å². The van der Waals surface area contributed by atoms with Crippen molar-refractivity contribution in [2.45, 2.75) is 23.9 Å². The van der Waals surface area contributed by atoms with Crippen LogP contribution in [-0.2, 0) is 6.54 Å². The van der Waals surface area contributed by atoms with Crippen molar-refractivity contribution >= 4 is 17.5 Å². The number of furan rings is 1. The predicted molar refractivity (Wildman–Crippen MR) is 116 cm³/mol. The number of thioether (sulfide) groups is 1. The molecule has 7 heteroatoms. The molecule has 6 nitrogen and oxygen atoms in total. The van der Waals surface area contributed by atoms with Crippen LogP contribution in [0.2, 0.25) is 0 Å². The molecule has 30 heavy (non-hydrogen) atoms. The van der Waals surface area contributed by atoms with Gasteiger partial charge in [0, 0.05) is 11.1 Å². The minimum Gasteiger partial charge on any atom is -0.497 e. The summed E-state index contributed by atoms with van der Waals surface area (Å²) in [7, 11) is 1.63. The Balaban J connectivity index is 1.67. The number of Topliss-reactive ketones (excluding diaryl/α,β-unsaturated/α-hetero) is 1. The molecule has 0 aliphatic heterocycles. The van der Waals surface area contributed by atoms with Crippen LogP contribution in [0.4, 0.5) is 0 Å². The van der Waals surface area contributed by atoms with Crippen LogP contribution in [0.25, 0.3) is 11.4 Å². The van der Waals surface area contributed by atoms with Gasteiger partial charge < -0.3 is 9.15 Å². The van der Waals surface area contributed by atoms with E-state index in [-0.39, 0.29) is 11.0 Å². The van der Waals surface area contributed by atoms with E-state index in [9.17, 15) is 4.79 Å². The highest BCUT2D eigenvalue weighted by Crippen LogP contribution is 2.30. The zero-order valence-corrected chi connectivity index (χ0v) is 17.5. The lowest BCUT2D eigenvalue weighted by atomic mass is 10.1. The summed E-state index contributed by atoms with van der Waals surface area (Å²) in [5, 5.41) is 9.14. The summed E-state index contributed by atoms with van der Waals surface area (Å²) in [5.41, 5.74) is 1.56. The summed E-state index contributed by atoms with van der Waals surface area (Å²) in [6.45, 7) is 2.35. The van der Waals surface area contributed by atoms with Crippen molar-refractivity contribution in [3.8, 4) is 17.1 Å².